The van der Waals surface area contributed by atoms with Crippen LogP contribution < -0.4 is 20.9 Å². The van der Waals surface area contributed by atoms with E-state index in [1.54, 1.807) is 6.07 Å². The lowest BCUT2D eigenvalue weighted by molar-refractivity contribution is 0.107. The van der Waals surface area contributed by atoms with E-state index in [4.69, 9.17) is 9.47 Å². The van der Waals surface area contributed by atoms with Crippen LogP contribution in [0, 0.1) is 5.82 Å². The van der Waals surface area contributed by atoms with Crippen molar-refractivity contribution >= 4 is 27.8 Å². The van der Waals surface area contributed by atoms with Crippen LogP contribution in [-0.2, 0) is 11.2 Å². The van der Waals surface area contributed by atoms with Gasteiger partial charge in [0.25, 0.3) is 11.6 Å². The first-order valence-corrected chi connectivity index (χ1v) is 16.5. The molecule has 12 heteroatoms. The first-order chi connectivity index (χ1) is 22.7. The molecule has 0 unspecified atom stereocenters. The number of alkyl halides is 1. The average Bonchev–Trinajstić information content (AvgIpc) is 3.58. The van der Waals surface area contributed by atoms with Crippen LogP contribution in [0.2, 0.25) is 0 Å². The molecular weight excluding hydrogens is 606 g/mol. The molecule has 3 atom stereocenters. The Morgan fingerprint density at radius 2 is 2.04 bits per heavy atom. The average molecular weight is 647 g/mol. The number of carbonyl (C=O) groups is 1. The third-order valence-electron chi connectivity index (χ3n) is 9.98. The molecule has 3 N–H and O–H groups in total. The Hall–Kier alpha value is -4.16. The fourth-order valence-electron chi connectivity index (χ4n) is 7.65. The number of aryl methyl sites for hydroxylation is 1. The summed E-state index contributed by atoms with van der Waals surface area (Å²) in [6, 6.07) is 11.4. The van der Waals surface area contributed by atoms with E-state index in [2.05, 4.69) is 30.5 Å². The van der Waals surface area contributed by atoms with Crippen molar-refractivity contribution in [2.24, 2.45) is 0 Å². The molecule has 47 heavy (non-hydrogen) atoms. The van der Waals surface area contributed by atoms with E-state index >= 15 is 4.39 Å². The highest BCUT2D eigenvalue weighted by Crippen LogP contribution is 2.40. The van der Waals surface area contributed by atoms with Gasteiger partial charge in [-0.3, -0.25) is 19.7 Å². The molecular formula is C35H40F2N6O4. The normalized spacial score (nSPS) is 24.4. The molecule has 3 fully saturated rings. The summed E-state index contributed by atoms with van der Waals surface area (Å²) in [5.74, 6) is -0.725. The maximum Gasteiger partial charge on any atom is 0.407 e. The minimum absolute atomic E-state index is 0.0118. The second-order valence-electron chi connectivity index (χ2n) is 13.4. The highest BCUT2D eigenvalue weighted by Gasteiger charge is 2.49. The van der Waals surface area contributed by atoms with Crippen LogP contribution in [0.4, 0.5) is 13.6 Å². The van der Waals surface area contributed by atoms with Gasteiger partial charge in [-0.05, 0) is 74.9 Å². The van der Waals surface area contributed by atoms with Gasteiger partial charge in [-0.15, -0.1) is 0 Å². The van der Waals surface area contributed by atoms with E-state index in [0.717, 1.165) is 55.1 Å². The first-order valence-electron chi connectivity index (χ1n) is 16.5. The van der Waals surface area contributed by atoms with Gasteiger partial charge in [0, 0.05) is 31.3 Å². The number of H-pyrrole nitrogens is 1. The molecule has 10 nitrogen and oxygen atoms in total. The summed E-state index contributed by atoms with van der Waals surface area (Å²) >= 11 is 0. The summed E-state index contributed by atoms with van der Waals surface area (Å²) < 4.78 is 42.0. The second kappa shape index (κ2) is 12.8. The van der Waals surface area contributed by atoms with Gasteiger partial charge in [0.1, 0.15) is 24.0 Å². The number of halogens is 2. The number of hydrogen-bond donors (Lipinski definition) is 3. The van der Waals surface area contributed by atoms with Crippen LogP contribution in [0.5, 0.6) is 6.01 Å². The molecule has 2 aromatic heterocycles. The van der Waals surface area contributed by atoms with Gasteiger partial charge >= 0.3 is 6.09 Å². The molecule has 5 heterocycles. The molecule has 0 spiro atoms. The van der Waals surface area contributed by atoms with Crippen LogP contribution in [0.3, 0.4) is 0 Å². The Kier molecular flexibility index (Phi) is 8.56. The predicted octanol–water partition coefficient (Wildman–Crippen LogP) is 5.03. The summed E-state index contributed by atoms with van der Waals surface area (Å²) in [5, 5.41) is 8.04. The molecule has 3 saturated heterocycles. The third-order valence-corrected chi connectivity index (χ3v) is 9.98. The van der Waals surface area contributed by atoms with Gasteiger partial charge in [-0.25, -0.2) is 13.6 Å². The van der Waals surface area contributed by atoms with Crippen LogP contribution in [0.1, 0.15) is 51.0 Å². The highest BCUT2D eigenvalue weighted by atomic mass is 19.1. The minimum atomic E-state index is -0.918. The minimum Gasteiger partial charge on any atom is -0.463 e. The number of benzene rings is 2. The number of amides is 1. The van der Waals surface area contributed by atoms with E-state index < -0.39 is 29.2 Å². The van der Waals surface area contributed by atoms with E-state index in [0.29, 0.717) is 37.9 Å². The number of fused-ring (bicyclic) bond motifs is 3. The third kappa shape index (κ3) is 6.28. The molecule has 3 aliphatic heterocycles. The van der Waals surface area contributed by atoms with Crippen LogP contribution in [0.25, 0.3) is 32.9 Å². The van der Waals surface area contributed by atoms with Crippen molar-refractivity contribution in [3.63, 3.8) is 0 Å². The molecule has 3 aliphatic rings. The van der Waals surface area contributed by atoms with Crippen LogP contribution in [-0.4, -0.2) is 82.6 Å². The fourth-order valence-corrected chi connectivity index (χ4v) is 7.65. The summed E-state index contributed by atoms with van der Waals surface area (Å²) in [6.07, 6.45) is 5.16. The lowest BCUT2D eigenvalue weighted by Crippen LogP contribution is -2.55. The van der Waals surface area contributed by atoms with Gasteiger partial charge in [0.2, 0.25) is 0 Å². The zero-order valence-corrected chi connectivity index (χ0v) is 26.5. The lowest BCUT2D eigenvalue weighted by atomic mass is 9.93. The zero-order valence-electron chi connectivity index (χ0n) is 26.5. The molecule has 0 bridgehead atoms. The molecule has 248 valence electrons. The number of nitrogens with zero attached hydrogens (tertiary/aromatic N) is 3. The lowest BCUT2D eigenvalue weighted by Gasteiger charge is -2.34. The number of ether oxygens (including phenoxy) is 2. The van der Waals surface area contributed by atoms with E-state index in [-0.39, 0.29) is 41.4 Å². The number of hydrogen-bond acceptors (Lipinski definition) is 8. The zero-order chi connectivity index (χ0) is 32.6. The Morgan fingerprint density at radius 3 is 2.87 bits per heavy atom. The van der Waals surface area contributed by atoms with Crippen molar-refractivity contribution in [3.8, 4) is 17.3 Å². The molecule has 2 aromatic carbocycles. The Labute approximate surface area is 271 Å². The molecule has 1 amide bonds. The largest absolute Gasteiger partial charge is 0.463 e. The van der Waals surface area contributed by atoms with Crippen LogP contribution in [0.15, 0.2) is 47.4 Å². The van der Waals surface area contributed by atoms with Crippen molar-refractivity contribution in [3.05, 3.63) is 64.3 Å². The number of alkyl carbamates (subject to hydrolysis) is 1. The predicted molar refractivity (Wildman–Crippen MR) is 175 cm³/mol. The monoisotopic (exact) mass is 646 g/mol. The van der Waals surface area contributed by atoms with Gasteiger partial charge in [-0.1, -0.05) is 36.4 Å². The number of aromatic amines is 1. The van der Waals surface area contributed by atoms with Crippen molar-refractivity contribution < 1.29 is 23.0 Å². The number of rotatable bonds is 9. The van der Waals surface area contributed by atoms with E-state index in [1.165, 1.54) is 6.20 Å². The van der Waals surface area contributed by atoms with Crippen LogP contribution >= 0.6 is 0 Å². The molecule has 0 aliphatic carbocycles. The second-order valence-corrected chi connectivity index (χ2v) is 13.4. The quantitative estimate of drug-likeness (QED) is 0.217. The molecule has 7 rings (SSSR count). The van der Waals surface area contributed by atoms with Gasteiger partial charge in [-0.2, -0.15) is 4.98 Å². The number of piperidine rings is 1. The first kappa shape index (κ1) is 31.4. The Bertz CT molecular complexity index is 1860. The van der Waals surface area contributed by atoms with Gasteiger partial charge < -0.3 is 20.1 Å². The summed E-state index contributed by atoms with van der Waals surface area (Å²) in [4.78, 5) is 38.9. The smallest absolute Gasteiger partial charge is 0.407 e. The highest BCUT2D eigenvalue weighted by molar-refractivity contribution is 5.99. The van der Waals surface area contributed by atoms with E-state index in [9.17, 15) is 14.0 Å². The standard InChI is InChI=1S/C35H40F2N6O4/c1-34(12-5-14-38-20-34)42-33(45)46-16-4-10-23-8-2-7-22-9-3-11-25(27(22)23)29-28(37)30-26(18-39-29)31(44)41-32(40-30)47-21-35-13-6-15-43(35)19-24(36)17-35/h2-3,7-9,11,18,24,38H,4-6,10,12-17,19-21H2,1H3,(H,42,45)(H,40,41,44)/t24-,34-,35+/m1/s1. The van der Waals surface area contributed by atoms with Crippen molar-refractivity contribution in [2.45, 2.75) is 69.1 Å². The molecule has 0 radical (unpaired) electrons. The molecule has 0 saturated carbocycles. The van der Waals surface area contributed by atoms with Crippen molar-refractivity contribution in [2.75, 3.05) is 39.4 Å². The summed E-state index contributed by atoms with van der Waals surface area (Å²) in [5.41, 5.74) is 0.136. The number of aromatic nitrogens is 3. The number of pyridine rings is 1. The Morgan fingerprint density at radius 1 is 1.19 bits per heavy atom. The SMILES string of the molecule is C[C@@]1(NC(=O)OCCCc2cccc3cccc(-c4ncc5c(=O)[nH]c(OC[C@@]67CCCN6C[C@H](F)C7)nc5c4F)c23)CCCNC1. The van der Waals surface area contributed by atoms with Crippen molar-refractivity contribution in [1.29, 1.82) is 0 Å². The topological polar surface area (TPSA) is 121 Å². The summed E-state index contributed by atoms with van der Waals surface area (Å²) in [7, 11) is 0. The number of nitrogens with one attached hydrogen (secondary N) is 3. The maximum absolute atomic E-state index is 16.3. The maximum atomic E-state index is 16.3. The summed E-state index contributed by atoms with van der Waals surface area (Å²) in [6.45, 7) is 5.25. The number of carbonyl (C=O) groups excluding carboxylic acids is 1. The fraction of sp³-hybridized carbons (Fsp3) is 0.486. The molecule has 4 aromatic rings. The van der Waals surface area contributed by atoms with Crippen molar-refractivity contribution in [1.82, 2.24) is 30.5 Å². The van der Waals surface area contributed by atoms with Gasteiger partial charge in [0.15, 0.2) is 5.82 Å². The Balaban J connectivity index is 1.11. The van der Waals surface area contributed by atoms with Gasteiger partial charge in [0.05, 0.1) is 23.1 Å². The van der Waals surface area contributed by atoms with E-state index in [1.807, 2.05) is 37.3 Å².